The van der Waals surface area contributed by atoms with E-state index in [1.807, 2.05) is 0 Å². The Morgan fingerprint density at radius 1 is 0.857 bits per heavy atom. The fraction of sp³-hybridized carbons (Fsp3) is 1.00. The molecule has 5 heteroatoms. The van der Waals surface area contributed by atoms with E-state index in [4.69, 9.17) is 0 Å². The smallest absolute Gasteiger partial charge is 1.00 e. The van der Waals surface area contributed by atoms with Crippen molar-refractivity contribution >= 4 is 0 Å². The fourth-order valence-corrected chi connectivity index (χ4v) is 0. The minimum atomic E-state index is -3.48. The Balaban J connectivity index is -0.000000125. The molecular weight excluding hydrogens is 139 g/mol. The van der Waals surface area contributed by atoms with Gasteiger partial charge in [-0.25, -0.2) is 17.6 Å². The van der Waals surface area contributed by atoms with E-state index >= 15 is 0 Å². The maximum Gasteiger partial charge on any atom is 1.00 e. The van der Waals surface area contributed by atoms with Crippen LogP contribution in [-0.4, -0.2) is 12.9 Å². The van der Waals surface area contributed by atoms with Crippen LogP contribution in [0.2, 0.25) is 0 Å². The Morgan fingerprint density at radius 3 is 1.00 bits per heavy atom. The number of halogens is 4. The molecule has 0 saturated carbocycles. The molecule has 0 aliphatic carbocycles. The first kappa shape index (κ1) is 11.2. The van der Waals surface area contributed by atoms with Crippen LogP contribution in [0.3, 0.4) is 0 Å². The molecule has 7 heavy (non-hydrogen) atoms. The third-order valence-electron chi connectivity index (χ3n) is 0.190. The van der Waals surface area contributed by atoms with E-state index in [0.29, 0.717) is 0 Å². The van der Waals surface area contributed by atoms with Gasteiger partial charge in [0.15, 0.2) is 0 Å². The predicted molar refractivity (Wildman–Crippen MR) is 13.1 cm³/mol. The minimum Gasteiger partial charge on any atom is -1.00 e. The second-order valence-electron chi connectivity index (χ2n) is 0.669. The van der Waals surface area contributed by atoms with Crippen LogP contribution >= 0.6 is 0 Å². The van der Waals surface area contributed by atoms with Crippen molar-refractivity contribution < 1.29 is 70.4 Å². The Hall–Kier alpha value is 1.36. The van der Waals surface area contributed by atoms with Crippen molar-refractivity contribution in [3.8, 4) is 0 Å². The van der Waals surface area contributed by atoms with Gasteiger partial charge >= 0.3 is 51.4 Å². The molecule has 0 radical (unpaired) electrons. The minimum absolute atomic E-state index is 0. The van der Waals surface area contributed by atoms with Crippen molar-refractivity contribution in [1.82, 2.24) is 0 Å². The van der Waals surface area contributed by atoms with Gasteiger partial charge in [0.2, 0.25) is 0 Å². The Morgan fingerprint density at radius 2 is 1.00 bits per heavy atom. The summed E-state index contributed by atoms with van der Waals surface area (Å²) in [5.41, 5.74) is 0. The van der Waals surface area contributed by atoms with Crippen molar-refractivity contribution in [2.75, 3.05) is 0 Å². The number of hydrogen-bond donors (Lipinski definition) is 0. The second-order valence-corrected chi connectivity index (χ2v) is 0.669. The summed E-state index contributed by atoms with van der Waals surface area (Å²) in [4.78, 5) is 0. The Bertz CT molecular complexity index is 35.0. The van der Waals surface area contributed by atoms with Crippen LogP contribution in [0.4, 0.5) is 17.6 Å². The maximum atomic E-state index is 10.4. The average molecular weight is 142 g/mol. The SMILES string of the molecule is FC(F)C(F)F.[H-].[K+]. The summed E-state index contributed by atoms with van der Waals surface area (Å²) in [5.74, 6) is 0. The quantitative estimate of drug-likeness (QED) is 0.313. The molecule has 0 aliphatic heterocycles. The maximum absolute atomic E-state index is 10.4. The fourth-order valence-electron chi connectivity index (χ4n) is 0. The molecule has 0 heterocycles. The topological polar surface area (TPSA) is 0 Å². The molecule has 0 spiro atoms. The zero-order valence-corrected chi connectivity index (χ0v) is 6.79. The molecule has 0 unspecified atom stereocenters. The first-order valence-corrected chi connectivity index (χ1v) is 1.21. The second kappa shape index (κ2) is 5.49. The van der Waals surface area contributed by atoms with E-state index in [2.05, 4.69) is 0 Å². The molecular formula is C2H3F4K. The predicted octanol–water partition coefficient (Wildman–Crippen LogP) is -1.37. The van der Waals surface area contributed by atoms with Crippen LogP contribution in [-0.2, 0) is 0 Å². The Kier molecular flexibility index (Phi) is 8.78. The molecule has 0 amide bonds. The van der Waals surface area contributed by atoms with E-state index < -0.39 is 12.9 Å². The summed E-state index contributed by atoms with van der Waals surface area (Å²) in [6.45, 7) is 0. The molecule has 0 aromatic rings. The zero-order valence-electron chi connectivity index (χ0n) is 4.67. The summed E-state index contributed by atoms with van der Waals surface area (Å²) in [7, 11) is 0. The molecule has 0 rings (SSSR count). The summed E-state index contributed by atoms with van der Waals surface area (Å²) in [6, 6.07) is 0. The normalized spacial score (nSPS) is 9.43. The van der Waals surface area contributed by atoms with Crippen LogP contribution in [0, 0.1) is 0 Å². The summed E-state index contributed by atoms with van der Waals surface area (Å²) < 4.78 is 41.6. The zero-order chi connectivity index (χ0) is 5.15. The molecule has 0 saturated heterocycles. The Labute approximate surface area is 82.2 Å². The van der Waals surface area contributed by atoms with E-state index in [9.17, 15) is 17.6 Å². The van der Waals surface area contributed by atoms with Gasteiger partial charge in [-0.3, -0.25) is 0 Å². The average Bonchev–Trinajstić information content (AvgIpc) is 1.36. The molecule has 0 fully saturated rings. The van der Waals surface area contributed by atoms with Crippen LogP contribution < -0.4 is 51.4 Å². The summed E-state index contributed by atoms with van der Waals surface area (Å²) >= 11 is 0. The molecule has 0 atom stereocenters. The van der Waals surface area contributed by atoms with Gasteiger partial charge in [0.25, 0.3) is 12.9 Å². The molecule has 0 bridgehead atoms. The molecule has 0 N–H and O–H groups in total. The first-order valence-electron chi connectivity index (χ1n) is 1.21. The monoisotopic (exact) mass is 142 g/mol. The van der Waals surface area contributed by atoms with Crippen molar-refractivity contribution in [3.63, 3.8) is 0 Å². The van der Waals surface area contributed by atoms with E-state index in [0.717, 1.165) is 0 Å². The van der Waals surface area contributed by atoms with Crippen molar-refractivity contribution in [2.45, 2.75) is 12.9 Å². The van der Waals surface area contributed by atoms with E-state index in [1.165, 1.54) is 0 Å². The van der Waals surface area contributed by atoms with E-state index in [1.54, 1.807) is 0 Å². The van der Waals surface area contributed by atoms with Gasteiger partial charge in [-0.1, -0.05) is 0 Å². The third kappa shape index (κ3) is 7.36. The summed E-state index contributed by atoms with van der Waals surface area (Å²) in [6.07, 6.45) is -6.96. The molecule has 0 nitrogen and oxygen atoms in total. The first-order chi connectivity index (χ1) is 2.64. The third-order valence-corrected chi connectivity index (χ3v) is 0.190. The molecule has 40 valence electrons. The van der Waals surface area contributed by atoms with Gasteiger partial charge < -0.3 is 1.43 Å². The molecule has 0 aromatic carbocycles. The van der Waals surface area contributed by atoms with Crippen LogP contribution in [0.15, 0.2) is 0 Å². The van der Waals surface area contributed by atoms with Crippen molar-refractivity contribution in [2.24, 2.45) is 0 Å². The van der Waals surface area contributed by atoms with Crippen molar-refractivity contribution in [1.29, 1.82) is 0 Å². The number of hydrogen-bond acceptors (Lipinski definition) is 0. The molecule has 0 aromatic heterocycles. The van der Waals surface area contributed by atoms with Crippen LogP contribution in [0.25, 0.3) is 0 Å². The van der Waals surface area contributed by atoms with Gasteiger partial charge in [0, 0.05) is 0 Å². The van der Waals surface area contributed by atoms with Gasteiger partial charge in [-0.15, -0.1) is 0 Å². The van der Waals surface area contributed by atoms with Gasteiger partial charge in [0.1, 0.15) is 0 Å². The number of rotatable bonds is 1. The van der Waals surface area contributed by atoms with Gasteiger partial charge in [0.05, 0.1) is 0 Å². The van der Waals surface area contributed by atoms with Gasteiger partial charge in [-0.05, 0) is 0 Å². The van der Waals surface area contributed by atoms with Gasteiger partial charge in [-0.2, -0.15) is 0 Å². The summed E-state index contributed by atoms with van der Waals surface area (Å²) in [5, 5.41) is 0. The standard InChI is InChI=1S/C2H2F4.K.H/c3-1(4)2(5)6;;/h1-2H;;/q;+1;-1. The van der Waals surface area contributed by atoms with E-state index in [-0.39, 0.29) is 52.8 Å². The number of alkyl halides is 4. The van der Waals surface area contributed by atoms with Crippen molar-refractivity contribution in [3.05, 3.63) is 0 Å². The van der Waals surface area contributed by atoms with Crippen LogP contribution in [0.5, 0.6) is 0 Å². The largest absolute Gasteiger partial charge is 1.00 e. The van der Waals surface area contributed by atoms with Crippen LogP contribution in [0.1, 0.15) is 1.43 Å². The molecule has 0 aliphatic rings.